The molecule has 29 heavy (non-hydrogen) atoms. The molecule has 3 rings (SSSR count). The number of fused-ring (bicyclic) bond motifs is 1. The standard InChI is InChI=1S/C23H31N5O/c1-4-5-9-20-17(2)25-16-21-18(3)26-23(29)28(22(20)21)19-10-14-27(15-11-19)13-8-6-7-12-24/h5,9,16,19H,3-4,6-8,10-11,13-15H2,1-2H3,(H,26,29)/b9-5-. The number of nitrogens with zero attached hydrogens (tertiary/aromatic N) is 4. The minimum Gasteiger partial charge on any atom is -0.307 e. The van der Waals surface area contributed by atoms with Crippen molar-refractivity contribution in [3.63, 3.8) is 0 Å². The summed E-state index contributed by atoms with van der Waals surface area (Å²) in [4.78, 5) is 21.9. The van der Waals surface area contributed by atoms with E-state index in [9.17, 15) is 4.79 Å². The number of carbonyl (C=O) groups excluding carboxylic acids is 1. The molecule has 3 heterocycles. The van der Waals surface area contributed by atoms with E-state index < -0.39 is 0 Å². The average molecular weight is 394 g/mol. The van der Waals surface area contributed by atoms with E-state index in [1.165, 1.54) is 0 Å². The number of nitrogens with one attached hydrogen (secondary N) is 1. The molecule has 2 aliphatic heterocycles. The number of unbranched alkanes of at least 4 members (excludes halogenated alkanes) is 2. The van der Waals surface area contributed by atoms with Crippen LogP contribution in [-0.2, 0) is 0 Å². The molecule has 0 saturated carbocycles. The lowest BCUT2D eigenvalue weighted by molar-refractivity contribution is 0.201. The molecule has 0 bridgehead atoms. The number of nitriles is 1. The van der Waals surface area contributed by atoms with Gasteiger partial charge >= 0.3 is 6.03 Å². The van der Waals surface area contributed by atoms with Gasteiger partial charge in [0.2, 0.25) is 0 Å². The van der Waals surface area contributed by atoms with Gasteiger partial charge in [-0.05, 0) is 45.6 Å². The highest BCUT2D eigenvalue weighted by atomic mass is 16.2. The van der Waals surface area contributed by atoms with Gasteiger partial charge in [0.25, 0.3) is 0 Å². The lowest BCUT2D eigenvalue weighted by Crippen LogP contribution is -2.53. The van der Waals surface area contributed by atoms with Crippen LogP contribution < -0.4 is 10.2 Å². The van der Waals surface area contributed by atoms with Crippen LogP contribution in [0.5, 0.6) is 0 Å². The fraction of sp³-hybridized carbons (Fsp3) is 0.522. The first-order chi connectivity index (χ1) is 14.1. The average Bonchev–Trinajstić information content (AvgIpc) is 2.71. The predicted octanol–water partition coefficient (Wildman–Crippen LogP) is 4.47. The highest BCUT2D eigenvalue weighted by Gasteiger charge is 2.36. The van der Waals surface area contributed by atoms with E-state index in [1.807, 2.05) is 18.0 Å². The Bertz CT molecular complexity index is 830. The van der Waals surface area contributed by atoms with Gasteiger partial charge in [-0.1, -0.05) is 25.7 Å². The predicted molar refractivity (Wildman–Crippen MR) is 117 cm³/mol. The van der Waals surface area contributed by atoms with Crippen LogP contribution in [0.15, 0.2) is 18.9 Å². The zero-order valence-electron chi connectivity index (χ0n) is 17.6. The molecule has 1 aromatic heterocycles. The Labute approximate surface area is 173 Å². The summed E-state index contributed by atoms with van der Waals surface area (Å²) in [6, 6.07) is 2.28. The number of rotatable bonds is 7. The summed E-state index contributed by atoms with van der Waals surface area (Å²) in [6.07, 6.45) is 11.5. The SMILES string of the molecule is C=C1NC(=O)N(C2CCN(CCCCC#N)CC2)c2c1cnc(C)c2/C=C\CC. The number of likely N-dealkylation sites (tertiary alicyclic amines) is 1. The minimum atomic E-state index is -0.0910. The molecule has 2 amide bonds. The number of carbonyl (C=O) groups is 1. The highest BCUT2D eigenvalue weighted by molar-refractivity contribution is 6.06. The van der Waals surface area contributed by atoms with Crippen molar-refractivity contribution in [3.05, 3.63) is 35.7 Å². The van der Waals surface area contributed by atoms with Crippen molar-refractivity contribution in [1.29, 1.82) is 5.26 Å². The van der Waals surface area contributed by atoms with Gasteiger partial charge in [-0.3, -0.25) is 9.88 Å². The quantitative estimate of drug-likeness (QED) is 0.694. The van der Waals surface area contributed by atoms with Gasteiger partial charge in [0.15, 0.2) is 0 Å². The number of anilines is 1. The van der Waals surface area contributed by atoms with Crippen LogP contribution in [0.2, 0.25) is 0 Å². The van der Waals surface area contributed by atoms with Crippen molar-refractivity contribution in [2.24, 2.45) is 0 Å². The summed E-state index contributed by atoms with van der Waals surface area (Å²) in [5.74, 6) is 0. The molecule has 1 saturated heterocycles. The third kappa shape index (κ3) is 4.68. The fourth-order valence-corrected chi connectivity index (χ4v) is 4.17. The van der Waals surface area contributed by atoms with E-state index in [0.29, 0.717) is 12.1 Å². The van der Waals surface area contributed by atoms with Crippen molar-refractivity contribution in [2.75, 3.05) is 24.5 Å². The molecule has 0 radical (unpaired) electrons. The molecule has 0 unspecified atom stereocenters. The number of allylic oxidation sites excluding steroid dienone is 1. The Morgan fingerprint density at radius 1 is 1.38 bits per heavy atom. The third-order valence-corrected chi connectivity index (χ3v) is 5.79. The van der Waals surface area contributed by atoms with Crippen molar-refractivity contribution in [2.45, 2.75) is 58.4 Å². The topological polar surface area (TPSA) is 72.3 Å². The monoisotopic (exact) mass is 393 g/mol. The number of aromatic nitrogens is 1. The van der Waals surface area contributed by atoms with Gasteiger partial charge in [0.05, 0.1) is 11.8 Å². The molecule has 6 nitrogen and oxygen atoms in total. The molecule has 1 fully saturated rings. The highest BCUT2D eigenvalue weighted by Crippen LogP contribution is 2.38. The molecule has 6 heteroatoms. The summed E-state index contributed by atoms with van der Waals surface area (Å²) in [5.41, 5.74) is 4.42. The zero-order valence-corrected chi connectivity index (χ0v) is 17.6. The first-order valence-electron chi connectivity index (χ1n) is 10.6. The van der Waals surface area contributed by atoms with Gasteiger partial charge < -0.3 is 10.2 Å². The first-order valence-corrected chi connectivity index (χ1v) is 10.6. The maximum atomic E-state index is 13.0. The molecule has 0 atom stereocenters. The van der Waals surface area contributed by atoms with E-state index in [1.54, 1.807) is 0 Å². The molecule has 0 aromatic carbocycles. The molecule has 2 aliphatic rings. The van der Waals surface area contributed by atoms with Gasteiger partial charge in [0, 0.05) is 54.3 Å². The van der Waals surface area contributed by atoms with Gasteiger partial charge in [0.1, 0.15) is 0 Å². The van der Waals surface area contributed by atoms with Crippen LogP contribution in [-0.4, -0.2) is 41.6 Å². The molecular formula is C23H31N5O. The minimum absolute atomic E-state index is 0.0910. The largest absolute Gasteiger partial charge is 0.326 e. The number of hydrogen-bond acceptors (Lipinski definition) is 4. The number of amides is 2. The molecular weight excluding hydrogens is 362 g/mol. The summed E-state index contributed by atoms with van der Waals surface area (Å²) < 4.78 is 0. The van der Waals surface area contributed by atoms with Crippen LogP contribution in [0.25, 0.3) is 11.8 Å². The Morgan fingerprint density at radius 3 is 2.83 bits per heavy atom. The van der Waals surface area contributed by atoms with Crippen LogP contribution in [0.3, 0.4) is 0 Å². The van der Waals surface area contributed by atoms with Gasteiger partial charge in [-0.15, -0.1) is 0 Å². The first kappa shape index (κ1) is 21.1. The summed E-state index contributed by atoms with van der Waals surface area (Å²) in [7, 11) is 0. The molecule has 1 N–H and O–H groups in total. The van der Waals surface area contributed by atoms with Crippen molar-refractivity contribution < 1.29 is 4.79 Å². The number of aryl methyl sites for hydroxylation is 1. The van der Waals surface area contributed by atoms with Crippen LogP contribution in [0.1, 0.15) is 62.3 Å². The molecule has 1 aromatic rings. The maximum absolute atomic E-state index is 13.0. The summed E-state index contributed by atoms with van der Waals surface area (Å²) in [5, 5.41) is 11.6. The van der Waals surface area contributed by atoms with E-state index >= 15 is 0 Å². The third-order valence-electron chi connectivity index (χ3n) is 5.79. The second kappa shape index (κ2) is 9.71. The molecule has 0 aliphatic carbocycles. The van der Waals surface area contributed by atoms with Gasteiger partial charge in [-0.25, -0.2) is 4.79 Å². The van der Waals surface area contributed by atoms with E-state index in [-0.39, 0.29) is 12.1 Å². The Balaban J connectivity index is 1.81. The van der Waals surface area contributed by atoms with Crippen LogP contribution >= 0.6 is 0 Å². The lowest BCUT2D eigenvalue weighted by atomic mass is 9.96. The number of urea groups is 1. The normalized spacial score (nSPS) is 18.0. The number of pyridine rings is 1. The molecule has 0 spiro atoms. The van der Waals surface area contributed by atoms with Crippen molar-refractivity contribution in [1.82, 2.24) is 15.2 Å². The van der Waals surface area contributed by atoms with Gasteiger partial charge in [-0.2, -0.15) is 5.26 Å². The smallest absolute Gasteiger partial charge is 0.307 e. The Kier molecular flexibility index (Phi) is 7.05. The lowest BCUT2D eigenvalue weighted by Gasteiger charge is -2.42. The summed E-state index contributed by atoms with van der Waals surface area (Å²) >= 11 is 0. The fourth-order valence-electron chi connectivity index (χ4n) is 4.17. The zero-order chi connectivity index (χ0) is 20.8. The van der Waals surface area contributed by atoms with E-state index in [0.717, 1.165) is 74.2 Å². The maximum Gasteiger partial charge on any atom is 0.326 e. The second-order valence-electron chi connectivity index (χ2n) is 7.80. The number of hydrogen-bond donors (Lipinski definition) is 1. The Hall–Kier alpha value is -2.65. The van der Waals surface area contributed by atoms with Crippen LogP contribution in [0.4, 0.5) is 10.5 Å². The molecule has 154 valence electrons. The number of piperidine rings is 1. The van der Waals surface area contributed by atoms with Crippen LogP contribution in [0, 0.1) is 18.3 Å². The van der Waals surface area contributed by atoms with E-state index in [4.69, 9.17) is 5.26 Å². The summed E-state index contributed by atoms with van der Waals surface area (Å²) in [6.45, 7) is 11.1. The Morgan fingerprint density at radius 2 is 2.14 bits per heavy atom. The van der Waals surface area contributed by atoms with E-state index in [2.05, 4.69) is 46.9 Å². The van der Waals surface area contributed by atoms with Crippen molar-refractivity contribution >= 4 is 23.5 Å². The second-order valence-corrected chi connectivity index (χ2v) is 7.80. The van der Waals surface area contributed by atoms with Crippen molar-refractivity contribution in [3.8, 4) is 6.07 Å².